The van der Waals surface area contributed by atoms with Crippen LogP contribution in [0.2, 0.25) is 0 Å². The van der Waals surface area contributed by atoms with Crippen molar-refractivity contribution in [3.63, 3.8) is 0 Å². The Bertz CT molecular complexity index is 921. The van der Waals surface area contributed by atoms with Crippen molar-refractivity contribution in [3.05, 3.63) is 52.3 Å². The smallest absolute Gasteiger partial charge is 0.250 e. The number of nitrogens with zero attached hydrogens (tertiary/aromatic N) is 1. The number of ether oxygens (including phenoxy) is 1. The molecule has 0 amide bonds. The summed E-state index contributed by atoms with van der Waals surface area (Å²) in [5.41, 5.74) is 2.64. The summed E-state index contributed by atoms with van der Waals surface area (Å²) in [7, 11) is -3.18. The molecule has 0 bridgehead atoms. The molecule has 6 nitrogen and oxygen atoms in total. The van der Waals surface area contributed by atoms with Crippen LogP contribution in [0.15, 0.2) is 41.2 Å². The van der Waals surface area contributed by atoms with Crippen LogP contribution in [0.4, 0.5) is 5.69 Å². The fraction of sp³-hybridized carbons (Fsp3) is 0.389. The molecule has 3 rings (SSSR count). The van der Waals surface area contributed by atoms with Crippen LogP contribution in [0.3, 0.4) is 0 Å². The van der Waals surface area contributed by atoms with Crippen LogP contribution < -0.4 is 10.5 Å². The van der Waals surface area contributed by atoms with Crippen LogP contribution in [-0.4, -0.2) is 45.5 Å². The molecular formula is C18H22N2O4S. The van der Waals surface area contributed by atoms with E-state index in [1.54, 1.807) is 18.2 Å². The first-order valence-corrected chi connectivity index (χ1v) is 10.2. The molecular weight excluding hydrogens is 340 g/mol. The summed E-state index contributed by atoms with van der Waals surface area (Å²) in [6.45, 7) is 4.01. The second-order valence-corrected chi connectivity index (χ2v) is 8.60. The number of benzene rings is 1. The lowest BCUT2D eigenvalue weighted by Crippen LogP contribution is -2.44. The van der Waals surface area contributed by atoms with E-state index in [0.717, 1.165) is 17.8 Å². The summed E-state index contributed by atoms with van der Waals surface area (Å²) in [5, 5.41) is 0. The lowest BCUT2D eigenvalue weighted by Gasteiger charge is -2.35. The third kappa shape index (κ3) is 4.29. The van der Waals surface area contributed by atoms with E-state index in [0.29, 0.717) is 24.5 Å². The van der Waals surface area contributed by atoms with Crippen molar-refractivity contribution in [1.29, 1.82) is 0 Å². The third-order valence-electron chi connectivity index (χ3n) is 4.25. The van der Waals surface area contributed by atoms with Gasteiger partial charge in [-0.05, 0) is 18.6 Å². The van der Waals surface area contributed by atoms with Gasteiger partial charge in [-0.3, -0.25) is 4.79 Å². The van der Waals surface area contributed by atoms with Crippen molar-refractivity contribution in [3.8, 4) is 11.3 Å². The number of anilines is 1. The fourth-order valence-corrected chi connectivity index (χ4v) is 3.96. The number of morpholine rings is 1. The molecule has 0 spiro atoms. The molecule has 7 heteroatoms. The van der Waals surface area contributed by atoms with Gasteiger partial charge in [0.15, 0.2) is 9.84 Å². The number of rotatable bonds is 4. The molecule has 0 aliphatic carbocycles. The van der Waals surface area contributed by atoms with Gasteiger partial charge in [0.2, 0.25) is 5.56 Å². The number of hydrogen-bond acceptors (Lipinski definition) is 5. The first-order chi connectivity index (χ1) is 11.8. The quantitative estimate of drug-likeness (QED) is 0.897. The Morgan fingerprint density at radius 3 is 2.76 bits per heavy atom. The lowest BCUT2D eigenvalue weighted by atomic mass is 10.0. The largest absolute Gasteiger partial charge is 0.377 e. The number of H-pyrrole nitrogens is 1. The maximum absolute atomic E-state index is 12.2. The van der Waals surface area contributed by atoms with Crippen LogP contribution >= 0.6 is 0 Å². The first-order valence-electron chi connectivity index (χ1n) is 8.18. The molecule has 0 radical (unpaired) electrons. The predicted octanol–water partition coefficient (Wildman–Crippen LogP) is 1.81. The van der Waals surface area contributed by atoms with Crippen LogP contribution in [0, 0.1) is 0 Å². The second kappa shape index (κ2) is 7.01. The molecule has 1 saturated heterocycles. The van der Waals surface area contributed by atoms with Crippen LogP contribution in [0.25, 0.3) is 11.3 Å². The molecule has 134 valence electrons. The topological polar surface area (TPSA) is 79.5 Å². The highest BCUT2D eigenvalue weighted by Gasteiger charge is 2.20. The molecule has 0 saturated carbocycles. The second-order valence-electron chi connectivity index (χ2n) is 6.46. The zero-order valence-electron chi connectivity index (χ0n) is 14.4. The summed E-state index contributed by atoms with van der Waals surface area (Å²) in [4.78, 5) is 17.2. The fourth-order valence-electron chi connectivity index (χ4n) is 3.14. The van der Waals surface area contributed by atoms with Crippen molar-refractivity contribution >= 4 is 15.5 Å². The molecule has 25 heavy (non-hydrogen) atoms. The van der Waals surface area contributed by atoms with Gasteiger partial charge in [0.05, 0.1) is 24.7 Å². The molecule has 2 heterocycles. The Hall–Kier alpha value is -2.12. The molecule has 2 aromatic rings. The Labute approximate surface area is 147 Å². The highest BCUT2D eigenvalue weighted by atomic mass is 32.2. The lowest BCUT2D eigenvalue weighted by molar-refractivity contribution is 0.0989. The molecule has 1 fully saturated rings. The Kier molecular flexibility index (Phi) is 4.96. The number of nitrogens with one attached hydrogen (secondary N) is 1. The third-order valence-corrected chi connectivity index (χ3v) is 5.09. The molecule has 1 aliphatic heterocycles. The van der Waals surface area contributed by atoms with Gasteiger partial charge in [0.25, 0.3) is 0 Å². The molecule has 0 unspecified atom stereocenters. The van der Waals surface area contributed by atoms with Crippen molar-refractivity contribution in [2.24, 2.45) is 0 Å². The van der Waals surface area contributed by atoms with Gasteiger partial charge in [0, 0.05) is 36.2 Å². The Balaban J connectivity index is 2.06. The van der Waals surface area contributed by atoms with Crippen LogP contribution in [-0.2, 0) is 20.3 Å². The normalized spacial score (nSPS) is 18.3. The summed E-state index contributed by atoms with van der Waals surface area (Å²) in [6, 6.07) is 10.9. The summed E-state index contributed by atoms with van der Waals surface area (Å²) >= 11 is 0. The van der Waals surface area contributed by atoms with E-state index in [1.807, 2.05) is 18.2 Å². The number of sulfone groups is 1. The predicted molar refractivity (Wildman–Crippen MR) is 98.7 cm³/mol. The van der Waals surface area contributed by atoms with Crippen molar-refractivity contribution in [2.75, 3.05) is 30.9 Å². The van der Waals surface area contributed by atoms with Crippen molar-refractivity contribution in [1.82, 2.24) is 4.98 Å². The minimum atomic E-state index is -3.18. The van der Waals surface area contributed by atoms with Crippen molar-refractivity contribution in [2.45, 2.75) is 18.7 Å². The van der Waals surface area contributed by atoms with Gasteiger partial charge >= 0.3 is 0 Å². The first kappa shape index (κ1) is 17.7. The van der Waals surface area contributed by atoms with Crippen LogP contribution in [0.5, 0.6) is 0 Å². The van der Waals surface area contributed by atoms with E-state index < -0.39 is 9.84 Å². The molecule has 1 aliphatic rings. The van der Waals surface area contributed by atoms with E-state index in [1.165, 1.54) is 6.26 Å². The Morgan fingerprint density at radius 2 is 2.04 bits per heavy atom. The number of aromatic nitrogens is 1. The average molecular weight is 362 g/mol. The highest BCUT2D eigenvalue weighted by molar-refractivity contribution is 7.89. The molecule has 1 N–H and O–H groups in total. The van der Waals surface area contributed by atoms with Gasteiger partial charge in [-0.2, -0.15) is 0 Å². The number of hydrogen-bond donors (Lipinski definition) is 1. The maximum Gasteiger partial charge on any atom is 0.250 e. The van der Waals surface area contributed by atoms with Gasteiger partial charge in [-0.15, -0.1) is 0 Å². The minimum Gasteiger partial charge on any atom is -0.377 e. The maximum atomic E-state index is 12.2. The van der Waals surface area contributed by atoms with E-state index in [9.17, 15) is 13.2 Å². The van der Waals surface area contributed by atoms with E-state index in [4.69, 9.17) is 4.74 Å². The zero-order chi connectivity index (χ0) is 18.0. The minimum absolute atomic E-state index is 0.0661. The van der Waals surface area contributed by atoms with E-state index in [-0.39, 0.29) is 17.4 Å². The molecule has 1 aromatic heterocycles. The zero-order valence-corrected chi connectivity index (χ0v) is 15.2. The molecule has 1 aromatic carbocycles. The van der Waals surface area contributed by atoms with E-state index >= 15 is 0 Å². The number of aromatic amines is 1. The molecule has 1 atom stereocenters. The van der Waals surface area contributed by atoms with E-state index in [2.05, 4.69) is 16.8 Å². The summed E-state index contributed by atoms with van der Waals surface area (Å²) in [5.74, 6) is -0.0661. The van der Waals surface area contributed by atoms with Gasteiger partial charge in [0.1, 0.15) is 0 Å². The Morgan fingerprint density at radius 1 is 1.28 bits per heavy atom. The SMILES string of the molecule is C[C@@H]1COCCN1c1cc(-c2ccccc2CS(C)(=O)=O)[nH]c(=O)c1. The van der Waals surface area contributed by atoms with Gasteiger partial charge in [-0.25, -0.2) is 8.42 Å². The standard InChI is InChI=1S/C18H22N2O4S/c1-13-11-24-8-7-20(13)15-9-17(19-18(21)10-15)16-6-4-3-5-14(16)12-25(2,22)23/h3-6,9-10,13H,7-8,11-12H2,1-2H3,(H,19,21)/t13-/m1/s1. The summed E-state index contributed by atoms with van der Waals surface area (Å²) in [6.07, 6.45) is 1.21. The highest BCUT2D eigenvalue weighted by Crippen LogP contribution is 2.27. The summed E-state index contributed by atoms with van der Waals surface area (Å²) < 4.78 is 28.9. The van der Waals surface area contributed by atoms with Gasteiger partial charge in [-0.1, -0.05) is 24.3 Å². The van der Waals surface area contributed by atoms with Gasteiger partial charge < -0.3 is 14.6 Å². The number of pyridine rings is 1. The monoisotopic (exact) mass is 362 g/mol. The average Bonchev–Trinajstić information content (AvgIpc) is 2.53. The van der Waals surface area contributed by atoms with Crippen molar-refractivity contribution < 1.29 is 13.2 Å². The van der Waals surface area contributed by atoms with Crippen LogP contribution in [0.1, 0.15) is 12.5 Å².